The zero-order valence-electron chi connectivity index (χ0n) is 18.5. The van der Waals surface area contributed by atoms with Gasteiger partial charge in [0.2, 0.25) is 0 Å². The maximum Gasteiger partial charge on any atom is 0.142 e. The lowest BCUT2D eigenvalue weighted by atomic mass is 10.2. The predicted molar refractivity (Wildman–Crippen MR) is 122 cm³/mol. The molecule has 0 saturated carbocycles. The standard InChI is InChI=1S/C8H10N4.C8H8N2O.C4H10O.H4N2.H2O/c1-6-4-10-8(5-9-6)7-2-3-11-12-7;1-7-5-10-8(6-9-7)3-2-4-11;1-3-5-4-2;1-2;/h3-5,7,12H,2H2,1H3;2-6H,1H3;3-4H2,1-2H3;1-2H2;1H2/b;3-2+;;;. The fourth-order valence-corrected chi connectivity index (χ4v) is 1.95. The van der Waals surface area contributed by atoms with E-state index >= 15 is 0 Å². The van der Waals surface area contributed by atoms with Gasteiger partial charge in [-0.1, -0.05) is 0 Å². The Hall–Kier alpha value is -3.12. The molecule has 7 N–H and O–H groups in total. The molecule has 0 radical (unpaired) electrons. The van der Waals surface area contributed by atoms with Gasteiger partial charge >= 0.3 is 0 Å². The Morgan fingerprint density at radius 3 is 2.03 bits per heavy atom. The number of aryl methyl sites for hydroxylation is 2. The monoisotopic (exact) mass is 434 g/mol. The molecule has 0 spiro atoms. The van der Waals surface area contributed by atoms with Gasteiger partial charge in [-0.05, 0) is 39.8 Å². The van der Waals surface area contributed by atoms with Gasteiger partial charge in [0, 0.05) is 38.2 Å². The third-order valence-corrected chi connectivity index (χ3v) is 3.38. The Labute approximate surface area is 183 Å². The van der Waals surface area contributed by atoms with E-state index in [1.807, 2.05) is 33.9 Å². The van der Waals surface area contributed by atoms with Crippen molar-refractivity contribution in [2.45, 2.75) is 40.2 Å². The second kappa shape index (κ2) is 20.2. The molecule has 172 valence electrons. The maximum absolute atomic E-state index is 9.91. The molecule has 0 fully saturated rings. The van der Waals surface area contributed by atoms with Crippen LogP contribution in [0.15, 0.2) is 36.0 Å². The van der Waals surface area contributed by atoms with Gasteiger partial charge < -0.3 is 15.6 Å². The lowest BCUT2D eigenvalue weighted by Crippen LogP contribution is -2.11. The molecule has 1 aliphatic rings. The Kier molecular flexibility index (Phi) is 19.6. The SMILES string of the molecule is CCOCC.Cc1cnc(/C=C/C=O)cn1.Cc1cnc(C2CC=NN2)cn1.NN.O. The van der Waals surface area contributed by atoms with Crippen molar-refractivity contribution in [2.24, 2.45) is 16.8 Å². The Morgan fingerprint density at radius 1 is 1.03 bits per heavy atom. The van der Waals surface area contributed by atoms with Gasteiger partial charge in [-0.2, -0.15) is 5.10 Å². The zero-order chi connectivity index (χ0) is 22.6. The highest BCUT2D eigenvalue weighted by atomic mass is 16.5. The number of carbonyl (C=O) groups is 1. The Balaban J connectivity index is 0. The number of aldehydes is 1. The molecule has 1 unspecified atom stereocenters. The van der Waals surface area contributed by atoms with Crippen molar-refractivity contribution in [1.82, 2.24) is 25.4 Å². The van der Waals surface area contributed by atoms with Crippen molar-refractivity contribution < 1.29 is 15.0 Å². The molecule has 11 heteroatoms. The van der Waals surface area contributed by atoms with Crippen LogP contribution in [0.5, 0.6) is 0 Å². The average Bonchev–Trinajstić information content (AvgIpc) is 3.32. The lowest BCUT2D eigenvalue weighted by molar-refractivity contribution is -0.104. The summed E-state index contributed by atoms with van der Waals surface area (Å²) in [5, 5.41) is 3.92. The van der Waals surface area contributed by atoms with E-state index in [4.69, 9.17) is 4.74 Å². The summed E-state index contributed by atoms with van der Waals surface area (Å²) < 4.78 is 4.83. The molecule has 1 atom stereocenters. The number of hydrazone groups is 1. The first-order valence-corrected chi connectivity index (χ1v) is 9.47. The molecule has 3 heterocycles. The number of aromatic nitrogens is 4. The van der Waals surface area contributed by atoms with Crippen molar-refractivity contribution in [3.63, 3.8) is 0 Å². The van der Waals surface area contributed by atoms with Crippen molar-refractivity contribution in [2.75, 3.05) is 13.2 Å². The molecule has 0 aromatic carbocycles. The van der Waals surface area contributed by atoms with Crippen LogP contribution in [0.3, 0.4) is 0 Å². The van der Waals surface area contributed by atoms with Gasteiger partial charge in [0.25, 0.3) is 0 Å². The summed E-state index contributed by atoms with van der Waals surface area (Å²) in [6, 6.07) is 0.220. The van der Waals surface area contributed by atoms with E-state index in [1.165, 1.54) is 6.08 Å². The molecule has 0 amide bonds. The molecule has 2 aromatic heterocycles. The summed E-state index contributed by atoms with van der Waals surface area (Å²) in [5.41, 5.74) is 6.42. The zero-order valence-corrected chi connectivity index (χ0v) is 18.5. The van der Waals surface area contributed by atoms with Crippen molar-refractivity contribution in [1.29, 1.82) is 0 Å². The first-order chi connectivity index (χ1) is 14.6. The van der Waals surface area contributed by atoms with E-state index in [-0.39, 0.29) is 11.5 Å². The highest BCUT2D eigenvalue weighted by Crippen LogP contribution is 2.15. The van der Waals surface area contributed by atoms with Gasteiger partial charge in [-0.15, -0.1) is 0 Å². The Morgan fingerprint density at radius 2 is 1.65 bits per heavy atom. The highest BCUT2D eigenvalue weighted by Gasteiger charge is 2.14. The van der Waals surface area contributed by atoms with Crippen LogP contribution in [0.2, 0.25) is 0 Å². The fourth-order valence-electron chi connectivity index (χ4n) is 1.95. The quantitative estimate of drug-likeness (QED) is 0.265. The van der Waals surface area contributed by atoms with Crippen LogP contribution in [-0.2, 0) is 9.53 Å². The van der Waals surface area contributed by atoms with Crippen LogP contribution in [-0.4, -0.2) is 51.1 Å². The maximum atomic E-state index is 9.91. The van der Waals surface area contributed by atoms with Gasteiger partial charge in [-0.3, -0.25) is 36.4 Å². The van der Waals surface area contributed by atoms with E-state index in [0.717, 1.165) is 36.7 Å². The number of ether oxygens (including phenoxy) is 1. The summed E-state index contributed by atoms with van der Waals surface area (Å²) in [6.45, 7) is 9.45. The molecule has 3 rings (SSSR count). The van der Waals surface area contributed by atoms with Crippen molar-refractivity contribution >= 4 is 18.6 Å². The molecule has 1 aliphatic heterocycles. The largest absolute Gasteiger partial charge is 0.412 e. The molecule has 31 heavy (non-hydrogen) atoms. The minimum Gasteiger partial charge on any atom is -0.412 e. The van der Waals surface area contributed by atoms with Gasteiger partial charge in [0.05, 0.1) is 41.2 Å². The van der Waals surface area contributed by atoms with Crippen LogP contribution in [0.25, 0.3) is 6.08 Å². The van der Waals surface area contributed by atoms with E-state index in [9.17, 15) is 4.79 Å². The number of carbonyl (C=O) groups excluding carboxylic acids is 1. The van der Waals surface area contributed by atoms with Gasteiger partial charge in [0.15, 0.2) is 0 Å². The highest BCUT2D eigenvalue weighted by molar-refractivity contribution is 5.72. The number of nitrogens with two attached hydrogens (primary N) is 2. The number of rotatable bonds is 5. The van der Waals surface area contributed by atoms with Crippen LogP contribution in [0.4, 0.5) is 0 Å². The number of hydrazine groups is 1. The van der Waals surface area contributed by atoms with E-state index in [1.54, 1.807) is 30.9 Å². The van der Waals surface area contributed by atoms with Crippen LogP contribution in [0, 0.1) is 13.8 Å². The first kappa shape index (κ1) is 30.1. The Bertz CT molecular complexity index is 727. The molecular weight excluding hydrogens is 400 g/mol. The summed E-state index contributed by atoms with van der Waals surface area (Å²) in [7, 11) is 0. The average molecular weight is 435 g/mol. The molecule has 0 aliphatic carbocycles. The van der Waals surface area contributed by atoms with Crippen molar-refractivity contribution in [3.8, 4) is 0 Å². The second-order valence-electron chi connectivity index (χ2n) is 5.67. The first-order valence-electron chi connectivity index (χ1n) is 9.47. The molecule has 2 aromatic rings. The van der Waals surface area contributed by atoms with E-state index < -0.39 is 0 Å². The summed E-state index contributed by atoms with van der Waals surface area (Å²) in [5.74, 6) is 8.00. The molecule has 0 saturated heterocycles. The predicted octanol–water partition coefficient (Wildman–Crippen LogP) is 0.839. The molecule has 11 nitrogen and oxygen atoms in total. The summed E-state index contributed by atoms with van der Waals surface area (Å²) >= 11 is 0. The minimum atomic E-state index is 0. The van der Waals surface area contributed by atoms with Crippen LogP contribution < -0.4 is 17.1 Å². The normalized spacial score (nSPS) is 13.3. The second-order valence-corrected chi connectivity index (χ2v) is 5.67. The lowest BCUT2D eigenvalue weighted by Gasteiger charge is -2.07. The summed E-state index contributed by atoms with van der Waals surface area (Å²) in [6.07, 6.45) is 13.3. The summed E-state index contributed by atoms with van der Waals surface area (Å²) in [4.78, 5) is 26.3. The number of hydrogen-bond acceptors (Lipinski definition) is 10. The molecule has 0 bridgehead atoms. The topological polar surface area (TPSA) is 186 Å². The smallest absolute Gasteiger partial charge is 0.142 e. The van der Waals surface area contributed by atoms with E-state index in [0.29, 0.717) is 12.0 Å². The number of nitrogens with one attached hydrogen (secondary N) is 1. The van der Waals surface area contributed by atoms with Gasteiger partial charge in [0.1, 0.15) is 6.29 Å². The number of nitrogens with zero attached hydrogens (tertiary/aromatic N) is 5. The molecular formula is C20H34N8O3. The number of hydrogen-bond donors (Lipinski definition) is 3. The fraction of sp³-hybridized carbons (Fsp3) is 0.400. The third-order valence-electron chi connectivity index (χ3n) is 3.38. The van der Waals surface area contributed by atoms with Gasteiger partial charge in [-0.25, -0.2) is 0 Å². The minimum absolute atomic E-state index is 0. The third kappa shape index (κ3) is 14.5. The van der Waals surface area contributed by atoms with Crippen molar-refractivity contribution in [3.05, 3.63) is 53.6 Å². The van der Waals surface area contributed by atoms with Crippen LogP contribution >= 0.6 is 0 Å². The van der Waals surface area contributed by atoms with E-state index in [2.05, 4.69) is 42.1 Å². The number of allylic oxidation sites excluding steroid dienone is 1. The van der Waals surface area contributed by atoms with Crippen LogP contribution in [0.1, 0.15) is 49.1 Å².